The molecule has 110 valence electrons. The smallest absolute Gasteiger partial charge is 0.254 e. The van der Waals surface area contributed by atoms with Crippen molar-refractivity contribution < 1.29 is 9.18 Å². The minimum absolute atomic E-state index is 0.220. The van der Waals surface area contributed by atoms with Gasteiger partial charge in [-0.15, -0.1) is 0 Å². The van der Waals surface area contributed by atoms with Gasteiger partial charge in [-0.2, -0.15) is 0 Å². The van der Waals surface area contributed by atoms with Crippen LogP contribution in [0.15, 0.2) is 47.4 Å². The third kappa shape index (κ3) is 3.18. The predicted molar refractivity (Wildman–Crippen MR) is 78.6 cm³/mol. The van der Waals surface area contributed by atoms with Crippen molar-refractivity contribution >= 4 is 5.91 Å². The van der Waals surface area contributed by atoms with Gasteiger partial charge in [-0.1, -0.05) is 12.1 Å². The average Bonchev–Trinajstić information content (AvgIpc) is 2.48. The quantitative estimate of drug-likeness (QED) is 0.870. The summed E-state index contributed by atoms with van der Waals surface area (Å²) in [6, 6.07) is 8.72. The normalized spacial score (nSPS) is 12.0. The number of rotatable bonds is 3. The molecule has 2 aromatic rings. The summed E-state index contributed by atoms with van der Waals surface area (Å²) in [5.41, 5.74) is 0.939. The maximum Gasteiger partial charge on any atom is 0.254 e. The number of hydrogen-bond donors (Lipinski definition) is 0. The summed E-state index contributed by atoms with van der Waals surface area (Å²) in [5, 5.41) is 0. The zero-order chi connectivity index (χ0) is 15.6. The second kappa shape index (κ2) is 5.91. The molecular formula is C16H17FN2O2. The molecule has 5 heteroatoms. The number of aryl methyl sites for hydroxylation is 1. The highest BCUT2D eigenvalue weighted by Crippen LogP contribution is 2.20. The standard InChI is InChI=1S/C16H17FN2O2/c1-11(12-4-6-14(17)7-5-12)19(3)16(21)13-8-9-18(2)15(20)10-13/h4-11H,1-3H3. The van der Waals surface area contributed by atoms with Crippen molar-refractivity contribution in [1.82, 2.24) is 9.47 Å². The van der Waals surface area contributed by atoms with Crippen molar-refractivity contribution in [3.8, 4) is 0 Å². The number of carbonyl (C=O) groups excluding carboxylic acids is 1. The molecule has 21 heavy (non-hydrogen) atoms. The summed E-state index contributed by atoms with van der Waals surface area (Å²) in [4.78, 5) is 25.5. The van der Waals surface area contributed by atoms with E-state index in [0.717, 1.165) is 5.56 Å². The SMILES string of the molecule is CC(c1ccc(F)cc1)N(C)C(=O)c1ccn(C)c(=O)c1. The van der Waals surface area contributed by atoms with Crippen LogP contribution in [0.2, 0.25) is 0 Å². The van der Waals surface area contributed by atoms with Crippen LogP contribution in [0.3, 0.4) is 0 Å². The fourth-order valence-electron chi connectivity index (χ4n) is 2.03. The van der Waals surface area contributed by atoms with Gasteiger partial charge in [0.15, 0.2) is 0 Å². The lowest BCUT2D eigenvalue weighted by Gasteiger charge is -2.25. The van der Waals surface area contributed by atoms with Crippen molar-refractivity contribution in [2.75, 3.05) is 7.05 Å². The lowest BCUT2D eigenvalue weighted by atomic mass is 10.1. The van der Waals surface area contributed by atoms with Crippen LogP contribution in [0, 0.1) is 5.82 Å². The molecule has 0 saturated carbocycles. The van der Waals surface area contributed by atoms with Crippen LogP contribution in [0.4, 0.5) is 4.39 Å². The van der Waals surface area contributed by atoms with E-state index in [9.17, 15) is 14.0 Å². The van der Waals surface area contributed by atoms with Crippen molar-refractivity contribution in [2.45, 2.75) is 13.0 Å². The largest absolute Gasteiger partial charge is 0.335 e. The number of hydrogen-bond acceptors (Lipinski definition) is 2. The monoisotopic (exact) mass is 288 g/mol. The van der Waals surface area contributed by atoms with Gasteiger partial charge in [0.1, 0.15) is 5.82 Å². The topological polar surface area (TPSA) is 42.3 Å². The molecule has 1 atom stereocenters. The van der Waals surface area contributed by atoms with Gasteiger partial charge in [0.05, 0.1) is 6.04 Å². The van der Waals surface area contributed by atoms with E-state index >= 15 is 0 Å². The van der Waals surface area contributed by atoms with E-state index in [1.54, 1.807) is 38.5 Å². The van der Waals surface area contributed by atoms with Gasteiger partial charge in [-0.25, -0.2) is 4.39 Å². The van der Waals surface area contributed by atoms with Crippen LogP contribution in [0.5, 0.6) is 0 Å². The molecule has 1 amide bonds. The van der Waals surface area contributed by atoms with Gasteiger partial charge in [-0.3, -0.25) is 9.59 Å². The molecule has 1 unspecified atom stereocenters. The Labute approximate surface area is 122 Å². The zero-order valence-electron chi connectivity index (χ0n) is 12.2. The predicted octanol–water partition coefficient (Wildman–Crippen LogP) is 2.36. The van der Waals surface area contributed by atoms with Crippen LogP contribution in [-0.4, -0.2) is 22.4 Å². The fourth-order valence-corrected chi connectivity index (χ4v) is 2.03. The first-order valence-electron chi connectivity index (χ1n) is 6.59. The van der Waals surface area contributed by atoms with Crippen LogP contribution >= 0.6 is 0 Å². The lowest BCUT2D eigenvalue weighted by Crippen LogP contribution is -2.31. The van der Waals surface area contributed by atoms with Crippen molar-refractivity contribution in [2.24, 2.45) is 7.05 Å². The molecule has 1 heterocycles. The van der Waals surface area contributed by atoms with Crippen LogP contribution < -0.4 is 5.56 Å². The van der Waals surface area contributed by atoms with Gasteiger partial charge in [0.25, 0.3) is 11.5 Å². The van der Waals surface area contributed by atoms with Crippen molar-refractivity contribution in [3.05, 3.63) is 69.9 Å². The summed E-state index contributed by atoms with van der Waals surface area (Å²) in [6.07, 6.45) is 1.56. The Kier molecular flexibility index (Phi) is 4.21. The molecule has 0 saturated heterocycles. The number of carbonyl (C=O) groups is 1. The third-order valence-electron chi connectivity index (χ3n) is 3.60. The highest BCUT2D eigenvalue weighted by atomic mass is 19.1. The highest BCUT2D eigenvalue weighted by Gasteiger charge is 2.19. The summed E-state index contributed by atoms with van der Waals surface area (Å²) in [7, 11) is 3.29. The number of nitrogens with zero attached hydrogens (tertiary/aromatic N) is 2. The molecule has 1 aromatic carbocycles. The molecule has 0 spiro atoms. The van der Waals surface area contributed by atoms with Gasteiger partial charge >= 0.3 is 0 Å². The first-order valence-corrected chi connectivity index (χ1v) is 6.59. The maximum atomic E-state index is 12.9. The molecule has 0 radical (unpaired) electrons. The Balaban J connectivity index is 2.23. The van der Waals surface area contributed by atoms with Gasteiger partial charge in [0, 0.05) is 31.9 Å². The second-order valence-electron chi connectivity index (χ2n) is 5.01. The Morgan fingerprint density at radius 3 is 2.43 bits per heavy atom. The minimum Gasteiger partial charge on any atom is -0.335 e. The Hall–Kier alpha value is -2.43. The third-order valence-corrected chi connectivity index (χ3v) is 3.60. The van der Waals surface area contributed by atoms with Crippen molar-refractivity contribution in [1.29, 1.82) is 0 Å². The van der Waals surface area contributed by atoms with Gasteiger partial charge < -0.3 is 9.47 Å². The molecule has 2 rings (SSSR count). The van der Waals surface area contributed by atoms with Crippen molar-refractivity contribution in [3.63, 3.8) is 0 Å². The Morgan fingerprint density at radius 1 is 1.24 bits per heavy atom. The Morgan fingerprint density at radius 2 is 1.86 bits per heavy atom. The van der Waals surface area contributed by atoms with E-state index in [-0.39, 0.29) is 23.3 Å². The van der Waals surface area contributed by atoms with E-state index < -0.39 is 0 Å². The highest BCUT2D eigenvalue weighted by molar-refractivity contribution is 5.94. The number of benzene rings is 1. The number of aromatic nitrogens is 1. The molecule has 4 nitrogen and oxygen atoms in total. The summed E-state index contributed by atoms with van der Waals surface area (Å²) < 4.78 is 14.3. The second-order valence-corrected chi connectivity index (χ2v) is 5.01. The van der Waals surface area contributed by atoms with Gasteiger partial charge in [0.2, 0.25) is 0 Å². The molecule has 1 aromatic heterocycles. The van der Waals surface area contributed by atoms with E-state index in [1.807, 2.05) is 6.92 Å². The van der Waals surface area contributed by atoms with E-state index in [0.29, 0.717) is 5.56 Å². The maximum absolute atomic E-state index is 12.9. The molecule has 0 aliphatic rings. The first-order chi connectivity index (χ1) is 9.90. The molecule has 0 aliphatic heterocycles. The first kappa shape index (κ1) is 15.0. The summed E-state index contributed by atoms with van der Waals surface area (Å²) in [6.45, 7) is 1.85. The molecule has 0 N–H and O–H groups in total. The molecule has 0 fully saturated rings. The number of halogens is 1. The van der Waals surface area contributed by atoms with Gasteiger partial charge in [-0.05, 0) is 30.7 Å². The minimum atomic E-state index is -0.313. The molecule has 0 bridgehead atoms. The van der Waals surface area contributed by atoms with Crippen LogP contribution in [0.25, 0.3) is 0 Å². The average molecular weight is 288 g/mol. The Bertz CT molecular complexity index is 707. The number of amides is 1. The fraction of sp³-hybridized carbons (Fsp3) is 0.250. The summed E-state index contributed by atoms with van der Waals surface area (Å²) in [5.74, 6) is -0.559. The lowest BCUT2D eigenvalue weighted by molar-refractivity contribution is 0.0742. The molecule has 0 aliphatic carbocycles. The van der Waals surface area contributed by atoms with E-state index in [2.05, 4.69) is 0 Å². The molecular weight excluding hydrogens is 271 g/mol. The number of pyridine rings is 1. The van der Waals surface area contributed by atoms with E-state index in [1.165, 1.54) is 27.7 Å². The van der Waals surface area contributed by atoms with E-state index in [4.69, 9.17) is 0 Å². The summed E-state index contributed by atoms with van der Waals surface area (Å²) >= 11 is 0. The van der Waals surface area contributed by atoms with Crippen LogP contribution in [-0.2, 0) is 7.05 Å². The zero-order valence-corrected chi connectivity index (χ0v) is 12.2. The van der Waals surface area contributed by atoms with Crippen LogP contribution in [0.1, 0.15) is 28.9 Å².